The third kappa shape index (κ3) is 3.52. The van der Waals surface area contributed by atoms with Crippen LogP contribution >= 0.6 is 11.3 Å². The smallest absolute Gasteiger partial charge is 0.325 e. The lowest BCUT2D eigenvalue weighted by Crippen LogP contribution is -2.19. The SMILES string of the molecule is COc1cccc(NC(=O)Nc2nc(-c3ccc4c(c3)OCO4)cs2)c1OC. The van der Waals surface area contributed by atoms with Crippen LogP contribution in [0.3, 0.4) is 0 Å². The van der Waals surface area contributed by atoms with Crippen molar-refractivity contribution >= 4 is 28.2 Å². The van der Waals surface area contributed by atoms with Gasteiger partial charge in [-0.3, -0.25) is 5.32 Å². The summed E-state index contributed by atoms with van der Waals surface area (Å²) in [5, 5.41) is 7.79. The molecule has 3 aromatic rings. The lowest BCUT2D eigenvalue weighted by Gasteiger charge is -2.13. The van der Waals surface area contributed by atoms with E-state index in [2.05, 4.69) is 15.6 Å². The molecule has 1 aromatic heterocycles. The molecule has 0 saturated heterocycles. The topological polar surface area (TPSA) is 90.9 Å². The molecule has 2 aromatic carbocycles. The quantitative estimate of drug-likeness (QED) is 0.668. The molecular weight excluding hydrogens is 382 g/mol. The molecule has 2 heterocycles. The van der Waals surface area contributed by atoms with Gasteiger partial charge in [0.25, 0.3) is 0 Å². The van der Waals surface area contributed by atoms with E-state index in [0.717, 1.165) is 11.3 Å². The molecule has 0 spiro atoms. The van der Waals surface area contributed by atoms with Crippen LogP contribution in [0.15, 0.2) is 41.8 Å². The van der Waals surface area contributed by atoms with Gasteiger partial charge in [-0.2, -0.15) is 0 Å². The van der Waals surface area contributed by atoms with Gasteiger partial charge in [-0.1, -0.05) is 6.07 Å². The number of amides is 2. The number of thiazole rings is 1. The molecule has 0 saturated carbocycles. The van der Waals surface area contributed by atoms with Crippen molar-refractivity contribution in [3.8, 4) is 34.3 Å². The summed E-state index contributed by atoms with van der Waals surface area (Å²) >= 11 is 1.32. The number of carbonyl (C=O) groups excluding carboxylic acids is 1. The van der Waals surface area contributed by atoms with Crippen LogP contribution in [-0.2, 0) is 0 Å². The van der Waals surface area contributed by atoms with Gasteiger partial charge in [0.15, 0.2) is 28.1 Å². The summed E-state index contributed by atoms with van der Waals surface area (Å²) in [5.41, 5.74) is 2.10. The number of hydrogen-bond donors (Lipinski definition) is 2. The van der Waals surface area contributed by atoms with Crippen LogP contribution in [0, 0.1) is 0 Å². The maximum atomic E-state index is 12.4. The number of urea groups is 1. The van der Waals surface area contributed by atoms with Crippen LogP contribution in [0.4, 0.5) is 15.6 Å². The molecule has 2 N–H and O–H groups in total. The minimum absolute atomic E-state index is 0.219. The molecular formula is C19H17N3O5S. The lowest BCUT2D eigenvalue weighted by molar-refractivity contribution is 0.174. The molecule has 0 bridgehead atoms. The number of rotatable bonds is 5. The summed E-state index contributed by atoms with van der Waals surface area (Å²) in [6, 6.07) is 10.4. The first-order valence-electron chi connectivity index (χ1n) is 8.32. The van der Waals surface area contributed by atoms with Crippen molar-refractivity contribution in [3.05, 3.63) is 41.8 Å². The number of hydrogen-bond acceptors (Lipinski definition) is 7. The second-order valence-electron chi connectivity index (χ2n) is 5.73. The highest BCUT2D eigenvalue weighted by molar-refractivity contribution is 7.14. The van der Waals surface area contributed by atoms with E-state index in [1.807, 2.05) is 23.6 Å². The van der Waals surface area contributed by atoms with Crippen LogP contribution in [0.25, 0.3) is 11.3 Å². The zero-order chi connectivity index (χ0) is 19.5. The fraction of sp³-hybridized carbons (Fsp3) is 0.158. The minimum atomic E-state index is -0.432. The number of anilines is 2. The highest BCUT2D eigenvalue weighted by atomic mass is 32.1. The number of ether oxygens (including phenoxy) is 4. The van der Waals surface area contributed by atoms with Crippen molar-refractivity contribution in [2.45, 2.75) is 0 Å². The highest BCUT2D eigenvalue weighted by Gasteiger charge is 2.16. The number of nitrogens with zero attached hydrogens (tertiary/aromatic N) is 1. The second kappa shape index (κ2) is 7.65. The van der Waals surface area contributed by atoms with Crippen LogP contribution in [0.1, 0.15) is 0 Å². The Bertz CT molecular complexity index is 1020. The van der Waals surface area contributed by atoms with E-state index in [9.17, 15) is 4.79 Å². The largest absolute Gasteiger partial charge is 0.493 e. The molecule has 2 amide bonds. The third-order valence-electron chi connectivity index (χ3n) is 4.04. The molecule has 28 heavy (non-hydrogen) atoms. The summed E-state index contributed by atoms with van der Waals surface area (Å²) in [5.74, 6) is 2.37. The Morgan fingerprint density at radius 3 is 2.79 bits per heavy atom. The molecule has 0 radical (unpaired) electrons. The zero-order valence-electron chi connectivity index (χ0n) is 15.1. The van der Waals surface area contributed by atoms with Gasteiger partial charge in [-0.15, -0.1) is 11.3 Å². The van der Waals surface area contributed by atoms with Gasteiger partial charge in [0.1, 0.15) is 0 Å². The Balaban J connectivity index is 1.46. The fourth-order valence-corrected chi connectivity index (χ4v) is 3.47. The number of aromatic nitrogens is 1. The van der Waals surface area contributed by atoms with Crippen molar-refractivity contribution in [1.29, 1.82) is 0 Å². The van der Waals surface area contributed by atoms with E-state index < -0.39 is 6.03 Å². The molecule has 0 aliphatic carbocycles. The fourth-order valence-electron chi connectivity index (χ4n) is 2.76. The summed E-state index contributed by atoms with van der Waals surface area (Å²) in [6.07, 6.45) is 0. The van der Waals surface area contributed by atoms with Crippen LogP contribution in [-0.4, -0.2) is 32.0 Å². The van der Waals surface area contributed by atoms with Crippen molar-refractivity contribution in [2.24, 2.45) is 0 Å². The Labute approximate surface area is 165 Å². The number of benzene rings is 2. The Kier molecular flexibility index (Phi) is 4.90. The second-order valence-corrected chi connectivity index (χ2v) is 6.58. The predicted molar refractivity (Wildman–Crippen MR) is 106 cm³/mol. The third-order valence-corrected chi connectivity index (χ3v) is 4.80. The molecule has 8 nitrogen and oxygen atoms in total. The molecule has 0 unspecified atom stereocenters. The van der Waals surface area contributed by atoms with Gasteiger partial charge < -0.3 is 24.3 Å². The van der Waals surface area contributed by atoms with E-state index >= 15 is 0 Å². The number of para-hydroxylation sites is 1. The monoisotopic (exact) mass is 399 g/mol. The molecule has 9 heteroatoms. The first kappa shape index (κ1) is 17.9. The van der Waals surface area contributed by atoms with Gasteiger partial charge in [-0.05, 0) is 30.3 Å². The van der Waals surface area contributed by atoms with E-state index in [1.54, 1.807) is 18.2 Å². The lowest BCUT2D eigenvalue weighted by atomic mass is 10.1. The summed E-state index contributed by atoms with van der Waals surface area (Å²) in [6.45, 7) is 0.219. The minimum Gasteiger partial charge on any atom is -0.493 e. The van der Waals surface area contributed by atoms with Gasteiger partial charge in [0.2, 0.25) is 6.79 Å². The molecule has 0 atom stereocenters. The summed E-state index contributed by atoms with van der Waals surface area (Å²) in [4.78, 5) is 16.8. The van der Waals surface area contributed by atoms with Crippen molar-refractivity contribution in [3.63, 3.8) is 0 Å². The molecule has 1 aliphatic heterocycles. The predicted octanol–water partition coefficient (Wildman–Crippen LogP) is 4.20. The first-order chi connectivity index (χ1) is 13.7. The van der Waals surface area contributed by atoms with Crippen LogP contribution < -0.4 is 29.6 Å². The average molecular weight is 399 g/mol. The van der Waals surface area contributed by atoms with Gasteiger partial charge in [0, 0.05) is 10.9 Å². The number of fused-ring (bicyclic) bond motifs is 1. The Hall–Kier alpha value is -3.46. The maximum Gasteiger partial charge on any atom is 0.325 e. The zero-order valence-corrected chi connectivity index (χ0v) is 16.0. The van der Waals surface area contributed by atoms with E-state index in [1.165, 1.54) is 25.6 Å². The maximum absolute atomic E-state index is 12.4. The molecule has 1 aliphatic rings. The van der Waals surface area contributed by atoms with Crippen molar-refractivity contribution < 1.29 is 23.7 Å². The van der Waals surface area contributed by atoms with Crippen LogP contribution in [0.2, 0.25) is 0 Å². The number of methoxy groups -OCH3 is 2. The van der Waals surface area contributed by atoms with Crippen molar-refractivity contribution in [2.75, 3.05) is 31.6 Å². The summed E-state index contributed by atoms with van der Waals surface area (Å²) < 4.78 is 21.3. The average Bonchev–Trinajstić information content (AvgIpc) is 3.36. The van der Waals surface area contributed by atoms with Gasteiger partial charge in [0.05, 0.1) is 25.6 Å². The van der Waals surface area contributed by atoms with Gasteiger partial charge >= 0.3 is 6.03 Å². The first-order valence-corrected chi connectivity index (χ1v) is 9.20. The Morgan fingerprint density at radius 2 is 1.96 bits per heavy atom. The normalized spacial score (nSPS) is 11.8. The number of carbonyl (C=O) groups is 1. The Morgan fingerprint density at radius 1 is 1.11 bits per heavy atom. The highest BCUT2D eigenvalue weighted by Crippen LogP contribution is 2.37. The molecule has 4 rings (SSSR count). The molecule has 0 fully saturated rings. The van der Waals surface area contributed by atoms with Crippen LogP contribution in [0.5, 0.6) is 23.0 Å². The van der Waals surface area contributed by atoms with E-state index in [0.29, 0.717) is 33.8 Å². The standard InChI is InChI=1S/C19H17N3O5S/c1-24-15-5-3-4-12(17(15)25-2)20-18(23)22-19-21-13(9-28-19)11-6-7-14-16(8-11)27-10-26-14/h3-9H,10H2,1-2H3,(H2,20,21,22,23). The van der Waals surface area contributed by atoms with Crippen molar-refractivity contribution in [1.82, 2.24) is 4.98 Å². The molecule has 144 valence electrons. The number of nitrogens with one attached hydrogen (secondary N) is 2. The summed E-state index contributed by atoms with van der Waals surface area (Å²) in [7, 11) is 3.05. The van der Waals surface area contributed by atoms with E-state index in [-0.39, 0.29) is 6.79 Å². The van der Waals surface area contributed by atoms with Gasteiger partial charge in [-0.25, -0.2) is 9.78 Å². The van der Waals surface area contributed by atoms with E-state index in [4.69, 9.17) is 18.9 Å².